The van der Waals surface area contributed by atoms with Crippen LogP contribution in [-0.2, 0) is 16.1 Å². The number of rotatable bonds is 5. The number of carbonyl (C=O) groups is 1. The molecular weight excluding hydrogens is 323 g/mol. The fourth-order valence-electron chi connectivity index (χ4n) is 2.47. The molecule has 0 bridgehead atoms. The summed E-state index contributed by atoms with van der Waals surface area (Å²) in [6.07, 6.45) is 0.471. The van der Waals surface area contributed by atoms with Crippen LogP contribution in [0, 0.1) is 0 Å². The second-order valence-corrected chi connectivity index (χ2v) is 6.11. The van der Waals surface area contributed by atoms with Crippen molar-refractivity contribution < 1.29 is 9.53 Å². The largest absolute Gasteiger partial charge is 0.378 e. The summed E-state index contributed by atoms with van der Waals surface area (Å²) in [7, 11) is 0. The van der Waals surface area contributed by atoms with E-state index in [0.29, 0.717) is 24.6 Å². The van der Waals surface area contributed by atoms with Crippen molar-refractivity contribution in [3.05, 3.63) is 34.9 Å². The average Bonchev–Trinajstić information content (AvgIpc) is 2.45. The zero-order valence-electron chi connectivity index (χ0n) is 13.0. The summed E-state index contributed by atoms with van der Waals surface area (Å²) < 4.78 is 5.41. The smallest absolute Gasteiger partial charge is 0.224 e. The lowest BCUT2D eigenvalue weighted by molar-refractivity contribution is -0.134. The maximum atomic E-state index is 12.5. The zero-order chi connectivity index (χ0) is 15.2. The standard InChI is InChI=1S/C16H23ClN2O2.ClH/c1-12(2)19(10-13-4-3-5-14(17)8-13)16(20)9-15-11-21-7-6-18-15;/h3-5,8,12,15,18H,6-7,9-11H2,1-2H3;1H. The quantitative estimate of drug-likeness (QED) is 0.891. The molecule has 1 fully saturated rings. The molecule has 1 heterocycles. The molecule has 1 aliphatic heterocycles. The number of halogens is 2. The number of amides is 1. The topological polar surface area (TPSA) is 41.6 Å². The maximum absolute atomic E-state index is 12.5. The van der Waals surface area contributed by atoms with Crippen molar-refractivity contribution in [3.63, 3.8) is 0 Å². The zero-order valence-corrected chi connectivity index (χ0v) is 14.6. The van der Waals surface area contributed by atoms with E-state index in [4.69, 9.17) is 16.3 Å². The van der Waals surface area contributed by atoms with Crippen LogP contribution < -0.4 is 5.32 Å². The van der Waals surface area contributed by atoms with E-state index < -0.39 is 0 Å². The Hall–Kier alpha value is -0.810. The highest BCUT2D eigenvalue weighted by Crippen LogP contribution is 2.15. The molecule has 6 heteroatoms. The predicted octanol–water partition coefficient (Wildman–Crippen LogP) is 2.88. The fraction of sp³-hybridized carbons (Fsp3) is 0.562. The van der Waals surface area contributed by atoms with Crippen LogP contribution >= 0.6 is 24.0 Å². The van der Waals surface area contributed by atoms with E-state index in [1.807, 2.05) is 43.0 Å². The van der Waals surface area contributed by atoms with Gasteiger partial charge in [-0.1, -0.05) is 23.7 Å². The van der Waals surface area contributed by atoms with E-state index in [0.717, 1.165) is 18.7 Å². The number of nitrogens with zero attached hydrogens (tertiary/aromatic N) is 1. The summed E-state index contributed by atoms with van der Waals surface area (Å²) in [6, 6.07) is 7.93. The molecule has 1 aliphatic rings. The molecule has 1 amide bonds. The molecule has 1 saturated heterocycles. The second kappa shape index (κ2) is 9.36. The lowest BCUT2D eigenvalue weighted by atomic mass is 10.1. The van der Waals surface area contributed by atoms with Gasteiger partial charge in [0, 0.05) is 36.6 Å². The van der Waals surface area contributed by atoms with Crippen LogP contribution in [0.5, 0.6) is 0 Å². The van der Waals surface area contributed by atoms with Crippen LogP contribution in [-0.4, -0.2) is 42.6 Å². The first kappa shape index (κ1) is 19.2. The van der Waals surface area contributed by atoms with Crippen LogP contribution in [0.1, 0.15) is 25.8 Å². The Balaban J connectivity index is 0.00000242. The third-order valence-electron chi connectivity index (χ3n) is 3.61. The number of benzene rings is 1. The lowest BCUT2D eigenvalue weighted by Crippen LogP contribution is -2.46. The number of carbonyl (C=O) groups excluding carboxylic acids is 1. The van der Waals surface area contributed by atoms with Gasteiger partial charge in [-0.25, -0.2) is 0 Å². The van der Waals surface area contributed by atoms with Gasteiger partial charge in [0.25, 0.3) is 0 Å². The van der Waals surface area contributed by atoms with Gasteiger partial charge in [0.1, 0.15) is 0 Å². The normalized spacial score (nSPS) is 17.9. The van der Waals surface area contributed by atoms with Crippen LogP contribution in [0.25, 0.3) is 0 Å². The molecule has 2 rings (SSSR count). The molecule has 1 aromatic carbocycles. The highest BCUT2D eigenvalue weighted by molar-refractivity contribution is 6.30. The Labute approximate surface area is 143 Å². The van der Waals surface area contributed by atoms with Gasteiger partial charge in [-0.05, 0) is 31.5 Å². The summed E-state index contributed by atoms with van der Waals surface area (Å²) >= 11 is 6.01. The molecule has 4 nitrogen and oxygen atoms in total. The van der Waals surface area contributed by atoms with Crippen LogP contribution in [0.4, 0.5) is 0 Å². The molecule has 0 aliphatic carbocycles. The first-order valence-electron chi connectivity index (χ1n) is 7.41. The minimum atomic E-state index is 0. The number of hydrogen-bond acceptors (Lipinski definition) is 3. The molecule has 1 unspecified atom stereocenters. The SMILES string of the molecule is CC(C)N(Cc1cccc(Cl)c1)C(=O)CC1COCCN1.Cl. The molecule has 22 heavy (non-hydrogen) atoms. The van der Waals surface area contributed by atoms with E-state index >= 15 is 0 Å². The third kappa shape index (κ3) is 5.76. The van der Waals surface area contributed by atoms with E-state index in [9.17, 15) is 4.79 Å². The Morgan fingerprint density at radius 3 is 2.86 bits per heavy atom. The van der Waals surface area contributed by atoms with Crippen molar-refractivity contribution in [1.82, 2.24) is 10.2 Å². The lowest BCUT2D eigenvalue weighted by Gasteiger charge is -2.30. The number of morpholine rings is 1. The fourth-order valence-corrected chi connectivity index (χ4v) is 2.68. The van der Waals surface area contributed by atoms with Crippen molar-refractivity contribution in [2.45, 2.75) is 38.9 Å². The van der Waals surface area contributed by atoms with Gasteiger partial charge >= 0.3 is 0 Å². The molecule has 0 aromatic heterocycles. The first-order valence-corrected chi connectivity index (χ1v) is 7.79. The monoisotopic (exact) mass is 346 g/mol. The van der Waals surface area contributed by atoms with E-state index in [-0.39, 0.29) is 30.4 Å². The number of ether oxygens (including phenoxy) is 1. The minimum absolute atomic E-state index is 0. The summed E-state index contributed by atoms with van der Waals surface area (Å²) in [5.41, 5.74) is 1.05. The molecule has 0 spiro atoms. The molecular formula is C16H24Cl2N2O2. The van der Waals surface area contributed by atoms with Crippen LogP contribution in [0.2, 0.25) is 5.02 Å². The van der Waals surface area contributed by atoms with E-state index in [1.165, 1.54) is 0 Å². The summed E-state index contributed by atoms with van der Waals surface area (Å²) in [5, 5.41) is 4.02. The predicted molar refractivity (Wildman–Crippen MR) is 91.6 cm³/mol. The van der Waals surface area contributed by atoms with Crippen molar-refractivity contribution in [2.75, 3.05) is 19.8 Å². The number of nitrogens with one attached hydrogen (secondary N) is 1. The molecule has 1 aromatic rings. The van der Waals surface area contributed by atoms with Gasteiger partial charge in [-0.2, -0.15) is 0 Å². The summed E-state index contributed by atoms with van der Waals surface area (Å²) in [4.78, 5) is 14.4. The maximum Gasteiger partial charge on any atom is 0.224 e. The molecule has 0 radical (unpaired) electrons. The molecule has 1 N–H and O–H groups in total. The summed E-state index contributed by atoms with van der Waals surface area (Å²) in [6.45, 7) is 6.80. The Kier molecular flexibility index (Phi) is 8.18. The van der Waals surface area contributed by atoms with Crippen molar-refractivity contribution in [2.24, 2.45) is 0 Å². The average molecular weight is 347 g/mol. The Bertz CT molecular complexity index is 477. The highest BCUT2D eigenvalue weighted by Gasteiger charge is 2.23. The van der Waals surface area contributed by atoms with Gasteiger partial charge in [0.15, 0.2) is 0 Å². The van der Waals surface area contributed by atoms with Crippen molar-refractivity contribution in [1.29, 1.82) is 0 Å². The summed E-state index contributed by atoms with van der Waals surface area (Å²) in [5.74, 6) is 0.146. The first-order chi connectivity index (χ1) is 10.1. The molecule has 124 valence electrons. The van der Waals surface area contributed by atoms with E-state index in [1.54, 1.807) is 0 Å². The molecule has 0 saturated carbocycles. The second-order valence-electron chi connectivity index (χ2n) is 5.68. The van der Waals surface area contributed by atoms with Gasteiger partial charge < -0.3 is 15.0 Å². The van der Waals surface area contributed by atoms with E-state index in [2.05, 4.69) is 5.32 Å². The minimum Gasteiger partial charge on any atom is -0.378 e. The Morgan fingerprint density at radius 1 is 1.50 bits per heavy atom. The van der Waals surface area contributed by atoms with Gasteiger partial charge in [-0.3, -0.25) is 4.79 Å². The third-order valence-corrected chi connectivity index (χ3v) is 3.84. The van der Waals surface area contributed by atoms with Gasteiger partial charge in [0.05, 0.1) is 13.2 Å². The van der Waals surface area contributed by atoms with Crippen LogP contribution in [0.3, 0.4) is 0 Å². The number of hydrogen-bond donors (Lipinski definition) is 1. The van der Waals surface area contributed by atoms with Crippen LogP contribution in [0.15, 0.2) is 24.3 Å². The van der Waals surface area contributed by atoms with Gasteiger partial charge in [-0.15, -0.1) is 12.4 Å². The van der Waals surface area contributed by atoms with Crippen molar-refractivity contribution in [3.8, 4) is 0 Å². The molecule has 1 atom stereocenters. The van der Waals surface area contributed by atoms with Crippen molar-refractivity contribution >= 4 is 29.9 Å². The Morgan fingerprint density at radius 2 is 2.27 bits per heavy atom. The van der Waals surface area contributed by atoms with Gasteiger partial charge in [0.2, 0.25) is 5.91 Å². The highest BCUT2D eigenvalue weighted by atomic mass is 35.5.